The second-order valence-electron chi connectivity index (χ2n) is 5.82. The molecule has 2 saturated heterocycles. The van der Waals surface area contributed by atoms with Crippen LogP contribution in [0.15, 0.2) is 24.3 Å². The summed E-state index contributed by atoms with van der Waals surface area (Å²) in [5, 5.41) is 0. The van der Waals surface area contributed by atoms with Crippen LogP contribution in [-0.2, 0) is 11.3 Å². The number of likely N-dealkylation sites (tertiary alicyclic amines) is 1. The van der Waals surface area contributed by atoms with E-state index in [2.05, 4.69) is 29.2 Å². The number of carbonyl (C=O) groups is 1. The van der Waals surface area contributed by atoms with Crippen LogP contribution in [0.4, 0.5) is 5.69 Å². The topological polar surface area (TPSA) is 23.6 Å². The van der Waals surface area contributed by atoms with Crippen LogP contribution in [-0.4, -0.2) is 36.3 Å². The molecule has 2 heterocycles. The first-order valence-corrected chi connectivity index (χ1v) is 7.98. The first-order valence-electron chi connectivity index (χ1n) is 7.44. The van der Waals surface area contributed by atoms with E-state index < -0.39 is 0 Å². The number of carbonyl (C=O) groups excluding carboxylic acids is 1. The lowest BCUT2D eigenvalue weighted by molar-refractivity contribution is -0.128. The maximum Gasteiger partial charge on any atom is 0.223 e. The molecule has 1 atom stereocenters. The van der Waals surface area contributed by atoms with E-state index in [0.717, 1.165) is 26.2 Å². The molecule has 20 heavy (non-hydrogen) atoms. The van der Waals surface area contributed by atoms with Crippen molar-refractivity contribution in [3.8, 4) is 0 Å². The van der Waals surface area contributed by atoms with Crippen LogP contribution >= 0.6 is 11.6 Å². The van der Waals surface area contributed by atoms with E-state index in [0.29, 0.717) is 18.2 Å². The van der Waals surface area contributed by atoms with E-state index in [1.54, 1.807) is 0 Å². The number of alkyl halides is 1. The van der Waals surface area contributed by atoms with Crippen molar-refractivity contribution < 1.29 is 4.79 Å². The largest absolute Gasteiger partial charge is 0.371 e. The molecule has 1 amide bonds. The number of rotatable bonds is 4. The normalized spacial score (nSPS) is 22.9. The van der Waals surface area contributed by atoms with Gasteiger partial charge in [0, 0.05) is 44.2 Å². The van der Waals surface area contributed by atoms with E-state index in [1.165, 1.54) is 24.1 Å². The van der Waals surface area contributed by atoms with Crippen LogP contribution in [0.25, 0.3) is 0 Å². The van der Waals surface area contributed by atoms with E-state index in [-0.39, 0.29) is 5.91 Å². The summed E-state index contributed by atoms with van der Waals surface area (Å²) in [5.74, 6) is 1.14. The zero-order valence-corrected chi connectivity index (χ0v) is 12.5. The lowest BCUT2D eigenvalue weighted by atomic mass is 10.1. The van der Waals surface area contributed by atoms with Crippen molar-refractivity contribution >= 4 is 23.2 Å². The van der Waals surface area contributed by atoms with Crippen LogP contribution < -0.4 is 4.90 Å². The van der Waals surface area contributed by atoms with Gasteiger partial charge in [0.1, 0.15) is 0 Å². The van der Waals surface area contributed by atoms with Gasteiger partial charge in [0.25, 0.3) is 0 Å². The first-order chi connectivity index (χ1) is 9.78. The van der Waals surface area contributed by atoms with Crippen molar-refractivity contribution in [2.45, 2.75) is 25.8 Å². The van der Waals surface area contributed by atoms with Gasteiger partial charge in [-0.2, -0.15) is 0 Å². The molecule has 0 spiro atoms. The number of hydrogen-bond acceptors (Lipinski definition) is 2. The molecule has 0 N–H and O–H groups in total. The standard InChI is InChI=1S/C16H21ClN2O/c17-10-13-9-16(20)19(11-13)12-14-5-1-2-6-15(14)18-7-3-4-8-18/h1-2,5-6,13H,3-4,7-12H2. The molecule has 2 fully saturated rings. The molecule has 0 saturated carbocycles. The quantitative estimate of drug-likeness (QED) is 0.797. The molecule has 2 aliphatic rings. The van der Waals surface area contributed by atoms with Gasteiger partial charge in [-0.25, -0.2) is 0 Å². The summed E-state index contributed by atoms with van der Waals surface area (Å²) in [4.78, 5) is 16.4. The summed E-state index contributed by atoms with van der Waals surface area (Å²) < 4.78 is 0. The number of nitrogens with zero attached hydrogens (tertiary/aromatic N) is 2. The smallest absolute Gasteiger partial charge is 0.223 e. The Balaban J connectivity index is 1.75. The summed E-state index contributed by atoms with van der Waals surface area (Å²) in [6, 6.07) is 8.48. The predicted molar refractivity (Wildman–Crippen MR) is 82.1 cm³/mol. The Kier molecular flexibility index (Phi) is 4.16. The predicted octanol–water partition coefficient (Wildman–Crippen LogP) is 2.87. The number of amides is 1. The van der Waals surface area contributed by atoms with Crippen molar-refractivity contribution in [1.29, 1.82) is 0 Å². The van der Waals surface area contributed by atoms with Crippen LogP contribution in [0.5, 0.6) is 0 Å². The summed E-state index contributed by atoms with van der Waals surface area (Å²) in [6.07, 6.45) is 3.14. The second kappa shape index (κ2) is 6.04. The minimum absolute atomic E-state index is 0.242. The summed E-state index contributed by atoms with van der Waals surface area (Å²) in [6.45, 7) is 3.79. The Bertz CT molecular complexity index is 485. The van der Waals surface area contributed by atoms with Gasteiger partial charge in [-0.05, 0) is 30.4 Å². The Hall–Kier alpha value is -1.22. The number of halogens is 1. The van der Waals surface area contributed by atoms with E-state index in [9.17, 15) is 4.79 Å². The van der Waals surface area contributed by atoms with Gasteiger partial charge >= 0.3 is 0 Å². The Labute approximate surface area is 125 Å². The number of anilines is 1. The van der Waals surface area contributed by atoms with Crippen molar-refractivity contribution in [3.05, 3.63) is 29.8 Å². The SMILES string of the molecule is O=C1CC(CCl)CN1Cc1ccccc1N1CCCC1. The molecule has 3 nitrogen and oxygen atoms in total. The van der Waals surface area contributed by atoms with Crippen LogP contribution in [0.1, 0.15) is 24.8 Å². The minimum atomic E-state index is 0.242. The highest BCUT2D eigenvalue weighted by Gasteiger charge is 2.29. The maximum absolute atomic E-state index is 12.0. The molecule has 0 aliphatic carbocycles. The minimum Gasteiger partial charge on any atom is -0.371 e. The molecule has 1 unspecified atom stereocenters. The highest BCUT2D eigenvalue weighted by Crippen LogP contribution is 2.28. The average molecular weight is 293 g/mol. The van der Waals surface area contributed by atoms with Crippen molar-refractivity contribution in [1.82, 2.24) is 4.90 Å². The molecule has 1 aromatic rings. The summed E-state index contributed by atoms with van der Waals surface area (Å²) in [7, 11) is 0. The molecular weight excluding hydrogens is 272 g/mol. The van der Waals surface area contributed by atoms with Gasteiger partial charge in [-0.1, -0.05) is 18.2 Å². The van der Waals surface area contributed by atoms with Gasteiger partial charge in [-0.15, -0.1) is 11.6 Å². The molecule has 0 bridgehead atoms. The fourth-order valence-electron chi connectivity index (χ4n) is 3.23. The molecular formula is C16H21ClN2O. The Morgan fingerprint density at radius 3 is 2.65 bits per heavy atom. The van der Waals surface area contributed by atoms with Crippen LogP contribution in [0.2, 0.25) is 0 Å². The third kappa shape index (κ3) is 2.78. The number of benzene rings is 1. The van der Waals surface area contributed by atoms with Crippen LogP contribution in [0.3, 0.4) is 0 Å². The summed E-state index contributed by atoms with van der Waals surface area (Å²) >= 11 is 5.89. The van der Waals surface area contributed by atoms with Crippen molar-refractivity contribution in [2.75, 3.05) is 30.4 Å². The fraction of sp³-hybridized carbons (Fsp3) is 0.562. The Morgan fingerprint density at radius 2 is 1.95 bits per heavy atom. The van der Waals surface area contributed by atoms with Crippen LogP contribution in [0, 0.1) is 5.92 Å². The zero-order chi connectivity index (χ0) is 13.9. The molecule has 3 rings (SSSR count). The lowest BCUT2D eigenvalue weighted by Gasteiger charge is -2.24. The molecule has 1 aromatic carbocycles. The number of para-hydroxylation sites is 1. The van der Waals surface area contributed by atoms with E-state index in [4.69, 9.17) is 11.6 Å². The molecule has 2 aliphatic heterocycles. The first kappa shape index (κ1) is 13.7. The third-order valence-corrected chi connectivity index (χ3v) is 4.75. The van der Waals surface area contributed by atoms with E-state index in [1.807, 2.05) is 4.90 Å². The van der Waals surface area contributed by atoms with Gasteiger partial charge < -0.3 is 9.80 Å². The highest BCUT2D eigenvalue weighted by molar-refractivity contribution is 6.18. The molecule has 0 aromatic heterocycles. The van der Waals surface area contributed by atoms with Crippen molar-refractivity contribution in [3.63, 3.8) is 0 Å². The monoisotopic (exact) mass is 292 g/mol. The van der Waals surface area contributed by atoms with Gasteiger partial charge in [0.05, 0.1) is 0 Å². The average Bonchev–Trinajstić information content (AvgIpc) is 3.10. The highest BCUT2D eigenvalue weighted by atomic mass is 35.5. The van der Waals surface area contributed by atoms with Gasteiger partial charge in [0.2, 0.25) is 5.91 Å². The second-order valence-corrected chi connectivity index (χ2v) is 6.13. The van der Waals surface area contributed by atoms with Gasteiger partial charge in [-0.3, -0.25) is 4.79 Å². The molecule has 0 radical (unpaired) electrons. The molecule has 4 heteroatoms. The lowest BCUT2D eigenvalue weighted by Crippen LogP contribution is -2.27. The molecule has 108 valence electrons. The summed E-state index contributed by atoms with van der Waals surface area (Å²) in [5.41, 5.74) is 2.56. The Morgan fingerprint density at radius 1 is 1.20 bits per heavy atom. The van der Waals surface area contributed by atoms with E-state index >= 15 is 0 Å². The maximum atomic E-state index is 12.0. The fourth-order valence-corrected chi connectivity index (χ4v) is 3.43. The van der Waals surface area contributed by atoms with Crippen molar-refractivity contribution in [2.24, 2.45) is 5.92 Å². The van der Waals surface area contributed by atoms with Gasteiger partial charge in [0.15, 0.2) is 0 Å². The third-order valence-electron chi connectivity index (χ3n) is 4.31. The zero-order valence-electron chi connectivity index (χ0n) is 11.7. The number of hydrogen-bond donors (Lipinski definition) is 0.